The molecule has 1 heterocycles. The van der Waals surface area contributed by atoms with Gasteiger partial charge in [0.15, 0.2) is 5.17 Å². The zero-order valence-corrected chi connectivity index (χ0v) is 16.2. The Hall–Kier alpha value is -2.48. The number of carbonyl (C=O) groups excluding carboxylic acids is 2. The van der Waals surface area contributed by atoms with Crippen LogP contribution >= 0.6 is 35.0 Å². The maximum atomic E-state index is 12.2. The molecule has 0 radical (unpaired) electrons. The number of hydrogen-bond donors (Lipinski definition) is 2. The van der Waals surface area contributed by atoms with Crippen molar-refractivity contribution in [3.63, 3.8) is 0 Å². The molecule has 0 saturated carbocycles. The highest BCUT2D eigenvalue weighted by Gasteiger charge is 2.24. The number of ether oxygens (including phenoxy) is 1. The van der Waals surface area contributed by atoms with Crippen LogP contribution in [0.25, 0.3) is 6.08 Å². The van der Waals surface area contributed by atoms with E-state index < -0.39 is 5.97 Å². The average Bonchev–Trinajstić information content (AvgIpc) is 2.98. The zero-order chi connectivity index (χ0) is 19.6. The Balaban J connectivity index is 1.85. The van der Waals surface area contributed by atoms with Gasteiger partial charge >= 0.3 is 5.97 Å². The van der Waals surface area contributed by atoms with Gasteiger partial charge in [-0.15, -0.1) is 0 Å². The van der Waals surface area contributed by atoms with Gasteiger partial charge in [0.1, 0.15) is 11.3 Å². The van der Waals surface area contributed by atoms with Gasteiger partial charge in [0.25, 0.3) is 5.91 Å². The number of halogens is 2. The lowest BCUT2D eigenvalue weighted by Gasteiger charge is -2.03. The van der Waals surface area contributed by atoms with Gasteiger partial charge in [0.2, 0.25) is 0 Å². The van der Waals surface area contributed by atoms with Gasteiger partial charge in [-0.25, -0.2) is 9.79 Å². The predicted molar refractivity (Wildman–Crippen MR) is 107 cm³/mol. The lowest BCUT2D eigenvalue weighted by molar-refractivity contribution is -0.115. The van der Waals surface area contributed by atoms with E-state index in [1.165, 1.54) is 25.3 Å². The maximum absolute atomic E-state index is 12.2. The molecule has 2 aromatic rings. The summed E-state index contributed by atoms with van der Waals surface area (Å²) in [5.74, 6) is -1.20. The van der Waals surface area contributed by atoms with Crippen molar-refractivity contribution < 1.29 is 19.4 Å². The molecule has 3 rings (SSSR count). The molecule has 0 bridgehead atoms. The van der Waals surface area contributed by atoms with E-state index in [0.29, 0.717) is 25.8 Å². The second kappa shape index (κ2) is 8.04. The van der Waals surface area contributed by atoms with Crippen molar-refractivity contribution in [1.29, 1.82) is 0 Å². The fraction of sp³-hybridized carbons (Fsp3) is 0.0556. The highest BCUT2D eigenvalue weighted by Crippen LogP contribution is 2.31. The smallest absolute Gasteiger partial charge is 0.341 e. The molecule has 1 amide bonds. The van der Waals surface area contributed by atoms with Crippen LogP contribution in [0.5, 0.6) is 5.75 Å². The molecule has 1 saturated heterocycles. The number of carbonyl (C=O) groups is 2. The van der Waals surface area contributed by atoms with Gasteiger partial charge in [0.05, 0.1) is 27.7 Å². The average molecular weight is 423 g/mol. The maximum Gasteiger partial charge on any atom is 0.341 e. The van der Waals surface area contributed by atoms with Gasteiger partial charge in [-0.3, -0.25) is 4.79 Å². The number of methoxy groups -OCH3 is 1. The summed E-state index contributed by atoms with van der Waals surface area (Å²) in [4.78, 5) is 28.5. The molecule has 1 fully saturated rings. The minimum absolute atomic E-state index is 0.0137. The number of nitrogens with zero attached hydrogens (tertiary/aromatic N) is 1. The zero-order valence-electron chi connectivity index (χ0n) is 13.8. The van der Waals surface area contributed by atoms with Gasteiger partial charge in [0, 0.05) is 0 Å². The van der Waals surface area contributed by atoms with E-state index in [-0.39, 0.29) is 17.2 Å². The molecule has 0 aromatic heterocycles. The van der Waals surface area contributed by atoms with Crippen LogP contribution in [-0.2, 0) is 9.53 Å². The Morgan fingerprint density at radius 1 is 1.22 bits per heavy atom. The summed E-state index contributed by atoms with van der Waals surface area (Å²) in [7, 11) is 1.22. The molecule has 2 aromatic carbocycles. The highest BCUT2D eigenvalue weighted by molar-refractivity contribution is 8.18. The summed E-state index contributed by atoms with van der Waals surface area (Å²) in [5.41, 5.74) is 1.09. The predicted octanol–water partition coefficient (Wildman–Crippen LogP) is 4.38. The molecule has 0 atom stereocenters. The summed E-state index contributed by atoms with van der Waals surface area (Å²) >= 11 is 13.0. The first-order chi connectivity index (χ1) is 12.9. The number of rotatable bonds is 3. The summed E-state index contributed by atoms with van der Waals surface area (Å²) in [6.45, 7) is 0. The van der Waals surface area contributed by atoms with Crippen molar-refractivity contribution in [2.24, 2.45) is 4.99 Å². The molecule has 9 heteroatoms. The Labute approximate surface area is 168 Å². The van der Waals surface area contributed by atoms with Crippen LogP contribution in [0, 0.1) is 0 Å². The minimum Gasteiger partial charge on any atom is -0.507 e. The number of amidine groups is 1. The molecule has 2 N–H and O–H groups in total. The van der Waals surface area contributed by atoms with E-state index in [1.54, 1.807) is 24.3 Å². The van der Waals surface area contributed by atoms with Crippen LogP contribution in [0.1, 0.15) is 15.9 Å². The lowest BCUT2D eigenvalue weighted by atomic mass is 10.2. The number of nitrogens with one attached hydrogen (secondary N) is 1. The topological polar surface area (TPSA) is 88.0 Å². The third-order valence-electron chi connectivity index (χ3n) is 3.51. The van der Waals surface area contributed by atoms with Gasteiger partial charge < -0.3 is 15.2 Å². The molecule has 6 nitrogen and oxygen atoms in total. The van der Waals surface area contributed by atoms with Gasteiger partial charge in [-0.05, 0) is 53.7 Å². The number of phenols is 1. The standard InChI is InChI=1S/C18H12Cl2N2O4S/c1-26-17(25)11-8-10(3-5-14(11)23)21-18-22-16(24)15(27-18)7-9-2-4-12(19)13(20)6-9/h2-8,23H,1H3,(H,21,22,24)/b15-7-. The minimum atomic E-state index is -0.683. The third kappa shape index (κ3) is 4.44. The Morgan fingerprint density at radius 3 is 2.70 bits per heavy atom. The Kier molecular flexibility index (Phi) is 5.74. The summed E-state index contributed by atoms with van der Waals surface area (Å²) in [6.07, 6.45) is 1.67. The van der Waals surface area contributed by atoms with Crippen LogP contribution in [0.15, 0.2) is 46.3 Å². The molecule has 0 unspecified atom stereocenters. The van der Waals surface area contributed by atoms with E-state index in [4.69, 9.17) is 23.2 Å². The number of amides is 1. The number of benzene rings is 2. The molecule has 1 aliphatic heterocycles. The highest BCUT2D eigenvalue weighted by atomic mass is 35.5. The number of aliphatic imine (C=N–C) groups is 1. The van der Waals surface area contributed by atoms with Crippen molar-refractivity contribution in [3.05, 3.63) is 62.5 Å². The molecule has 0 aliphatic carbocycles. The van der Waals surface area contributed by atoms with Crippen LogP contribution < -0.4 is 5.32 Å². The van der Waals surface area contributed by atoms with E-state index in [9.17, 15) is 14.7 Å². The van der Waals surface area contributed by atoms with E-state index in [1.807, 2.05) is 0 Å². The quantitative estimate of drug-likeness (QED) is 0.565. The molecule has 0 spiro atoms. The largest absolute Gasteiger partial charge is 0.507 e. The van der Waals surface area contributed by atoms with Crippen molar-refractivity contribution in [2.45, 2.75) is 0 Å². The van der Waals surface area contributed by atoms with Crippen molar-refractivity contribution in [1.82, 2.24) is 5.32 Å². The number of hydrogen-bond acceptors (Lipinski definition) is 6. The van der Waals surface area contributed by atoms with Crippen LogP contribution in [0.4, 0.5) is 5.69 Å². The first-order valence-electron chi connectivity index (χ1n) is 7.53. The molecular formula is C18H12Cl2N2O4S. The Bertz CT molecular complexity index is 1000. The van der Waals surface area contributed by atoms with Crippen molar-refractivity contribution in [2.75, 3.05) is 7.11 Å². The summed E-state index contributed by atoms with van der Waals surface area (Å²) < 4.78 is 4.61. The first-order valence-corrected chi connectivity index (χ1v) is 9.10. The number of esters is 1. The van der Waals surface area contributed by atoms with E-state index >= 15 is 0 Å². The van der Waals surface area contributed by atoms with Crippen LogP contribution in [0.3, 0.4) is 0 Å². The summed E-state index contributed by atoms with van der Waals surface area (Å²) in [5, 5.41) is 13.5. The SMILES string of the molecule is COC(=O)c1cc(N=C2NC(=O)/C(=C/c3ccc(Cl)c(Cl)c3)S2)ccc1O. The van der Waals surface area contributed by atoms with Crippen molar-refractivity contribution >= 4 is 63.8 Å². The van der Waals surface area contributed by atoms with Crippen molar-refractivity contribution in [3.8, 4) is 5.75 Å². The molecular weight excluding hydrogens is 411 g/mol. The van der Waals surface area contributed by atoms with E-state index in [2.05, 4.69) is 15.0 Å². The summed E-state index contributed by atoms with van der Waals surface area (Å²) in [6, 6.07) is 9.27. The second-order valence-corrected chi connectivity index (χ2v) is 7.19. The normalized spacial score (nSPS) is 16.6. The Morgan fingerprint density at radius 2 is 2.00 bits per heavy atom. The fourth-order valence-electron chi connectivity index (χ4n) is 2.22. The van der Waals surface area contributed by atoms with Gasteiger partial charge in [-0.1, -0.05) is 29.3 Å². The molecule has 27 heavy (non-hydrogen) atoms. The van der Waals surface area contributed by atoms with Gasteiger partial charge in [-0.2, -0.15) is 0 Å². The molecule has 1 aliphatic rings. The number of aromatic hydroxyl groups is 1. The van der Waals surface area contributed by atoms with E-state index in [0.717, 1.165) is 17.3 Å². The first kappa shape index (κ1) is 19.3. The lowest BCUT2D eigenvalue weighted by Crippen LogP contribution is -2.19. The van der Waals surface area contributed by atoms with Crippen LogP contribution in [0.2, 0.25) is 10.0 Å². The number of phenolic OH excluding ortho intramolecular Hbond substituents is 1. The number of thioether (sulfide) groups is 1. The second-order valence-electron chi connectivity index (χ2n) is 5.35. The fourth-order valence-corrected chi connectivity index (χ4v) is 3.37. The van der Waals surface area contributed by atoms with Crippen LogP contribution in [-0.4, -0.2) is 29.3 Å². The molecule has 138 valence electrons. The third-order valence-corrected chi connectivity index (χ3v) is 5.16. The monoisotopic (exact) mass is 422 g/mol.